The van der Waals surface area contributed by atoms with E-state index in [0.29, 0.717) is 0 Å². The number of benzene rings is 7. The van der Waals surface area contributed by atoms with Crippen LogP contribution in [-0.4, -0.2) is 26.2 Å². The predicted octanol–water partition coefficient (Wildman–Crippen LogP) is 9.69. The Hall–Kier alpha value is -5.67. The fraction of sp³-hybridized carbons (Fsp3) is 0.278. The van der Waals surface area contributed by atoms with Crippen LogP contribution < -0.4 is 24.8 Å². The van der Waals surface area contributed by atoms with Gasteiger partial charge in [0.05, 0.1) is 5.41 Å². The van der Waals surface area contributed by atoms with E-state index in [-0.39, 0.29) is 0 Å². The summed E-state index contributed by atoms with van der Waals surface area (Å²) in [6.45, 7) is 7.02. The molecule has 5 aliphatic heterocycles. The zero-order valence-electron chi connectivity index (χ0n) is 32.9. The maximum absolute atomic E-state index is 6.92. The van der Waals surface area contributed by atoms with E-state index >= 15 is 0 Å². The standard InChI is InChI=1S/C54H47N2O/c1-2-33-13-3-4-16-38(33)51-43-29-36-27-34-14-9-23-55-25-11-17-39(52(34)55)41(36)31-47(43)54(45-19-5-7-21-49(45)57-50-22-8-6-20-46(50)54)48-32-42-37(30-44(48)51)28-35-15-10-24-56-26-12-18-40(42)53(35)56/h3-8,13,16,19-22,27-32H,2,9-12,14-15,17-18,23-26H2,1H3/q+1. The first-order valence-electron chi connectivity index (χ1n) is 21.8. The van der Waals surface area contributed by atoms with Crippen LogP contribution in [0.3, 0.4) is 0 Å². The lowest BCUT2D eigenvalue weighted by molar-refractivity contribution is 0.433. The van der Waals surface area contributed by atoms with Gasteiger partial charge in [0.25, 0.3) is 0 Å². The van der Waals surface area contributed by atoms with Gasteiger partial charge in [0.1, 0.15) is 24.6 Å². The van der Waals surface area contributed by atoms with Crippen LogP contribution in [-0.2, 0) is 37.5 Å². The molecule has 0 N–H and O–H groups in total. The van der Waals surface area contributed by atoms with Gasteiger partial charge in [-0.15, -0.1) is 0 Å². The van der Waals surface area contributed by atoms with Gasteiger partial charge in [-0.05, 0) is 165 Å². The molecule has 6 aliphatic rings. The average Bonchev–Trinajstić information content (AvgIpc) is 3.26. The van der Waals surface area contributed by atoms with Crippen LogP contribution >= 0.6 is 0 Å². The first-order chi connectivity index (χ1) is 28.2. The molecule has 1 aliphatic carbocycles. The smallest absolute Gasteiger partial charge is 0.206 e. The van der Waals surface area contributed by atoms with Gasteiger partial charge in [0, 0.05) is 53.9 Å². The second-order valence-corrected chi connectivity index (χ2v) is 17.6. The Morgan fingerprint density at radius 2 is 1.25 bits per heavy atom. The van der Waals surface area contributed by atoms with E-state index in [2.05, 4.69) is 126 Å². The first kappa shape index (κ1) is 32.4. The zero-order chi connectivity index (χ0) is 37.4. The molecule has 0 aromatic heterocycles. The highest BCUT2D eigenvalue weighted by Crippen LogP contribution is 2.58. The molecule has 3 nitrogen and oxygen atoms in total. The largest absolute Gasteiger partial charge is 0.457 e. The van der Waals surface area contributed by atoms with Crippen molar-refractivity contribution in [3.63, 3.8) is 0 Å². The summed E-state index contributed by atoms with van der Waals surface area (Å²) < 4.78 is 9.63. The van der Waals surface area contributed by atoms with E-state index in [4.69, 9.17) is 4.74 Å². The van der Waals surface area contributed by atoms with Crippen molar-refractivity contribution in [1.29, 1.82) is 0 Å². The molecule has 57 heavy (non-hydrogen) atoms. The van der Waals surface area contributed by atoms with Crippen LogP contribution in [0.4, 0.5) is 5.69 Å². The Bertz CT molecular complexity index is 3010. The van der Waals surface area contributed by atoms with Crippen molar-refractivity contribution in [3.8, 4) is 11.5 Å². The van der Waals surface area contributed by atoms with Crippen LogP contribution in [0.15, 0.2) is 109 Å². The third-order valence-corrected chi connectivity index (χ3v) is 14.8. The topological polar surface area (TPSA) is 15.5 Å². The molecular weight excluding hydrogens is 693 g/mol. The molecule has 5 heterocycles. The Balaban J connectivity index is 1.29. The van der Waals surface area contributed by atoms with Crippen molar-refractivity contribution < 1.29 is 4.74 Å². The number of anilines is 1. The quantitative estimate of drug-likeness (QED) is 0.164. The van der Waals surface area contributed by atoms with Gasteiger partial charge in [0.15, 0.2) is 0 Å². The van der Waals surface area contributed by atoms with E-state index in [1.165, 1.54) is 147 Å². The minimum absolute atomic E-state index is 0.586. The second kappa shape index (κ2) is 11.9. The fourth-order valence-corrected chi connectivity index (χ4v) is 12.6. The number of hydrogen-bond donors (Lipinski definition) is 0. The van der Waals surface area contributed by atoms with Crippen molar-refractivity contribution in [3.05, 3.63) is 181 Å². The van der Waals surface area contributed by atoms with Crippen LogP contribution in [0, 0.1) is 0 Å². The molecule has 0 saturated heterocycles. The molecule has 7 aromatic carbocycles. The molecule has 0 radical (unpaired) electrons. The molecular formula is C54H47N2O+. The van der Waals surface area contributed by atoms with Gasteiger partial charge in [0.2, 0.25) is 5.36 Å². The molecule has 0 saturated carbocycles. The number of para-hydroxylation sites is 2. The number of hydrogen-bond acceptors (Lipinski definition) is 2. The highest BCUT2D eigenvalue weighted by atomic mass is 16.5. The van der Waals surface area contributed by atoms with Crippen molar-refractivity contribution in [2.45, 2.75) is 70.1 Å². The summed E-state index contributed by atoms with van der Waals surface area (Å²) in [4.78, 5) is 2.71. The SMILES string of the molecule is CCc1ccccc1C1=c2cc3cc4c5c(c3cc2C2(c3ccccc3Oc3ccccc32)c2cc3c6c7c(cc3cc21)CCCN7CCC6)CCC[N+]=5CCC4. The van der Waals surface area contributed by atoms with E-state index in [9.17, 15) is 0 Å². The van der Waals surface area contributed by atoms with Crippen molar-refractivity contribution in [2.24, 2.45) is 0 Å². The molecule has 7 aromatic rings. The van der Waals surface area contributed by atoms with Gasteiger partial charge in [-0.2, -0.15) is 0 Å². The second-order valence-electron chi connectivity index (χ2n) is 17.6. The first-order valence-corrected chi connectivity index (χ1v) is 21.8. The third-order valence-electron chi connectivity index (χ3n) is 14.8. The number of rotatable bonds is 2. The number of fused-ring (bicyclic) bond motifs is 12. The lowest BCUT2D eigenvalue weighted by Crippen LogP contribution is -2.44. The van der Waals surface area contributed by atoms with Gasteiger partial charge in [-0.25, -0.2) is 4.58 Å². The van der Waals surface area contributed by atoms with Gasteiger partial charge in [-0.3, -0.25) is 0 Å². The number of ether oxygens (including phenoxy) is 1. The highest BCUT2D eigenvalue weighted by molar-refractivity contribution is 6.01. The molecule has 0 fully saturated rings. The number of nitrogens with zero attached hydrogens (tertiary/aromatic N) is 2. The van der Waals surface area contributed by atoms with Gasteiger partial charge < -0.3 is 9.64 Å². The van der Waals surface area contributed by atoms with Crippen molar-refractivity contribution in [1.82, 2.24) is 4.58 Å². The molecule has 1 spiro atoms. The van der Waals surface area contributed by atoms with Gasteiger partial charge in [-0.1, -0.05) is 67.6 Å². The Kier molecular flexibility index (Phi) is 6.78. The molecule has 0 unspecified atom stereocenters. The molecule has 278 valence electrons. The molecule has 13 rings (SSSR count). The van der Waals surface area contributed by atoms with E-state index < -0.39 is 5.41 Å². The van der Waals surface area contributed by atoms with Crippen LogP contribution in [0.5, 0.6) is 11.5 Å². The summed E-state index contributed by atoms with van der Waals surface area (Å²) in [5.41, 5.74) is 18.0. The van der Waals surface area contributed by atoms with Gasteiger partial charge >= 0.3 is 0 Å². The molecule has 0 bridgehead atoms. The highest BCUT2D eigenvalue weighted by Gasteiger charge is 2.50. The fourth-order valence-electron chi connectivity index (χ4n) is 12.6. The van der Waals surface area contributed by atoms with Crippen LogP contribution in [0.1, 0.15) is 93.8 Å². The summed E-state index contributed by atoms with van der Waals surface area (Å²) in [7, 11) is 0. The molecule has 0 amide bonds. The van der Waals surface area contributed by atoms with Crippen LogP contribution in [0.2, 0.25) is 0 Å². The summed E-state index contributed by atoms with van der Waals surface area (Å²) in [5, 5.41) is 8.56. The van der Waals surface area contributed by atoms with E-state index in [1.54, 1.807) is 22.3 Å². The normalized spacial score (nSPS) is 18.0. The predicted molar refractivity (Wildman–Crippen MR) is 233 cm³/mol. The zero-order valence-corrected chi connectivity index (χ0v) is 32.9. The maximum atomic E-state index is 6.92. The van der Waals surface area contributed by atoms with Crippen molar-refractivity contribution in [2.75, 3.05) is 31.1 Å². The monoisotopic (exact) mass is 739 g/mol. The number of aryl methyl sites for hydroxylation is 5. The Labute approximate surface area is 334 Å². The van der Waals surface area contributed by atoms with E-state index in [1.807, 2.05) is 0 Å². The summed E-state index contributed by atoms with van der Waals surface area (Å²) >= 11 is 0. The Morgan fingerprint density at radius 1 is 0.596 bits per heavy atom. The summed E-state index contributed by atoms with van der Waals surface area (Å²) in [6.07, 6.45) is 10.5. The molecule has 0 atom stereocenters. The minimum atomic E-state index is -0.586. The summed E-state index contributed by atoms with van der Waals surface area (Å²) in [6, 6.07) is 42.9. The van der Waals surface area contributed by atoms with E-state index in [0.717, 1.165) is 30.8 Å². The maximum Gasteiger partial charge on any atom is 0.206 e. The lowest BCUT2D eigenvalue weighted by Gasteiger charge is -2.45. The third kappa shape index (κ3) is 4.30. The van der Waals surface area contributed by atoms with Crippen molar-refractivity contribution >= 4 is 32.8 Å². The Morgan fingerprint density at radius 3 is 2.07 bits per heavy atom. The average molecular weight is 740 g/mol. The summed E-state index contributed by atoms with van der Waals surface area (Å²) in [5.74, 6) is 1.92. The minimum Gasteiger partial charge on any atom is -0.457 e. The lowest BCUT2D eigenvalue weighted by atomic mass is 9.58. The van der Waals surface area contributed by atoms with Crippen LogP contribution in [0.25, 0.3) is 27.1 Å². The molecule has 3 heteroatoms.